The van der Waals surface area contributed by atoms with E-state index >= 15 is 0 Å². The first-order valence-electron chi connectivity index (χ1n) is 4.80. The van der Waals surface area contributed by atoms with Crippen molar-refractivity contribution < 1.29 is 13.2 Å². The molecule has 80 valence electrons. The second kappa shape index (κ2) is 4.87. The Labute approximate surface area is 78.5 Å². The van der Waals surface area contributed by atoms with E-state index in [2.05, 4.69) is 0 Å². The summed E-state index contributed by atoms with van der Waals surface area (Å²) in [5, 5.41) is 0. The van der Waals surface area contributed by atoms with Gasteiger partial charge in [-0.25, -0.2) is 0 Å². The lowest BCUT2D eigenvalue weighted by Crippen LogP contribution is -2.19. The summed E-state index contributed by atoms with van der Waals surface area (Å²) in [6.07, 6.45) is -4.38. The molecule has 0 amide bonds. The van der Waals surface area contributed by atoms with E-state index in [0.29, 0.717) is 11.8 Å². The van der Waals surface area contributed by atoms with Gasteiger partial charge < -0.3 is 0 Å². The number of rotatable bonds is 4. The van der Waals surface area contributed by atoms with Crippen molar-refractivity contribution >= 4 is 0 Å². The quantitative estimate of drug-likeness (QED) is 0.630. The van der Waals surface area contributed by atoms with E-state index in [4.69, 9.17) is 0 Å². The van der Waals surface area contributed by atoms with Crippen LogP contribution in [0.3, 0.4) is 0 Å². The Bertz CT molecular complexity index is 128. The van der Waals surface area contributed by atoms with E-state index in [1.807, 2.05) is 27.7 Å². The summed E-state index contributed by atoms with van der Waals surface area (Å²) >= 11 is 0. The Kier molecular flexibility index (Phi) is 4.79. The van der Waals surface area contributed by atoms with Crippen molar-refractivity contribution in [2.24, 2.45) is 17.8 Å². The van der Waals surface area contributed by atoms with Crippen LogP contribution in [0.25, 0.3) is 0 Å². The van der Waals surface area contributed by atoms with Crippen LogP contribution >= 0.6 is 0 Å². The summed E-state index contributed by atoms with van der Waals surface area (Å²) in [5.41, 5.74) is 0. The third-order valence-electron chi connectivity index (χ3n) is 2.47. The zero-order valence-electron chi connectivity index (χ0n) is 8.78. The van der Waals surface area contributed by atoms with Crippen LogP contribution < -0.4 is 0 Å². The van der Waals surface area contributed by atoms with Gasteiger partial charge in [0.15, 0.2) is 0 Å². The summed E-state index contributed by atoms with van der Waals surface area (Å²) < 4.78 is 35.8. The van der Waals surface area contributed by atoms with Crippen LogP contribution in [0, 0.1) is 17.8 Å². The van der Waals surface area contributed by atoms with E-state index in [-0.39, 0.29) is 12.3 Å². The number of halogens is 3. The van der Waals surface area contributed by atoms with Crippen molar-refractivity contribution in [1.82, 2.24) is 0 Å². The van der Waals surface area contributed by atoms with Gasteiger partial charge in [-0.2, -0.15) is 13.2 Å². The second-order valence-electron chi connectivity index (χ2n) is 4.31. The van der Waals surface area contributed by atoms with Gasteiger partial charge in [0.25, 0.3) is 0 Å². The first kappa shape index (κ1) is 12.8. The van der Waals surface area contributed by atoms with Crippen molar-refractivity contribution in [3.05, 3.63) is 0 Å². The van der Waals surface area contributed by atoms with Crippen LogP contribution in [0.1, 0.15) is 40.5 Å². The molecule has 0 N–H and O–H groups in total. The summed E-state index contributed by atoms with van der Waals surface area (Å²) in [6.45, 7) is 7.95. The number of hydrogen-bond acceptors (Lipinski definition) is 0. The van der Waals surface area contributed by atoms with E-state index in [1.165, 1.54) is 0 Å². The van der Waals surface area contributed by atoms with E-state index in [0.717, 1.165) is 0 Å². The van der Waals surface area contributed by atoms with Crippen molar-refractivity contribution in [3.63, 3.8) is 0 Å². The first-order valence-corrected chi connectivity index (χ1v) is 4.80. The minimum absolute atomic E-state index is 0.182. The zero-order chi connectivity index (χ0) is 10.6. The van der Waals surface area contributed by atoms with Crippen LogP contribution in [-0.2, 0) is 0 Å². The predicted octanol–water partition coefficient (Wildman–Crippen LogP) is 4.26. The fourth-order valence-electron chi connectivity index (χ4n) is 1.77. The van der Waals surface area contributed by atoms with Gasteiger partial charge >= 0.3 is 6.18 Å². The highest BCUT2D eigenvalue weighted by atomic mass is 19.4. The highest BCUT2D eigenvalue weighted by Crippen LogP contribution is 2.31. The van der Waals surface area contributed by atoms with Crippen LogP contribution in [0.15, 0.2) is 0 Å². The Morgan fingerprint density at radius 2 is 1.31 bits per heavy atom. The molecule has 0 aromatic carbocycles. The van der Waals surface area contributed by atoms with Gasteiger partial charge in [0, 0.05) is 6.42 Å². The Morgan fingerprint density at radius 1 is 0.923 bits per heavy atom. The average Bonchev–Trinajstić information content (AvgIpc) is 1.82. The molecule has 0 bridgehead atoms. The lowest BCUT2D eigenvalue weighted by molar-refractivity contribution is -0.139. The SMILES string of the molecule is CC(C)C(CCC(F)(F)F)C(C)C. The van der Waals surface area contributed by atoms with Crippen molar-refractivity contribution in [2.45, 2.75) is 46.7 Å². The fourth-order valence-corrected chi connectivity index (χ4v) is 1.77. The Hall–Kier alpha value is -0.210. The molecule has 0 heterocycles. The third-order valence-corrected chi connectivity index (χ3v) is 2.47. The summed E-state index contributed by atoms with van der Waals surface area (Å²) in [4.78, 5) is 0. The molecule has 0 atom stereocenters. The van der Waals surface area contributed by atoms with Gasteiger partial charge in [-0.05, 0) is 24.2 Å². The maximum atomic E-state index is 11.9. The van der Waals surface area contributed by atoms with Gasteiger partial charge in [-0.1, -0.05) is 27.7 Å². The maximum Gasteiger partial charge on any atom is 0.389 e. The minimum Gasteiger partial charge on any atom is -0.171 e. The van der Waals surface area contributed by atoms with Crippen LogP contribution in [0.2, 0.25) is 0 Å². The molecule has 0 rings (SSSR count). The molecule has 0 fully saturated rings. The molecule has 0 aliphatic carbocycles. The molecular weight excluding hydrogens is 177 g/mol. The van der Waals surface area contributed by atoms with Gasteiger partial charge in [0.2, 0.25) is 0 Å². The van der Waals surface area contributed by atoms with Crippen molar-refractivity contribution in [1.29, 1.82) is 0 Å². The molecule has 0 nitrogen and oxygen atoms in total. The molecule has 13 heavy (non-hydrogen) atoms. The number of hydrogen-bond donors (Lipinski definition) is 0. The second-order valence-corrected chi connectivity index (χ2v) is 4.31. The summed E-state index contributed by atoms with van der Waals surface area (Å²) in [6, 6.07) is 0. The highest BCUT2D eigenvalue weighted by Gasteiger charge is 2.29. The van der Waals surface area contributed by atoms with Crippen LogP contribution in [0.5, 0.6) is 0 Å². The first-order chi connectivity index (χ1) is 5.74. The molecule has 0 aliphatic rings. The number of alkyl halides is 3. The summed E-state index contributed by atoms with van der Waals surface area (Å²) in [7, 11) is 0. The molecule has 0 saturated carbocycles. The van der Waals surface area contributed by atoms with E-state index in [9.17, 15) is 13.2 Å². The monoisotopic (exact) mass is 196 g/mol. The highest BCUT2D eigenvalue weighted by molar-refractivity contribution is 4.68. The smallest absolute Gasteiger partial charge is 0.171 e. The normalized spacial score (nSPS) is 13.4. The Morgan fingerprint density at radius 3 is 1.54 bits per heavy atom. The molecule has 0 aromatic rings. The van der Waals surface area contributed by atoms with Gasteiger partial charge in [0.05, 0.1) is 0 Å². The topological polar surface area (TPSA) is 0 Å². The van der Waals surface area contributed by atoms with Crippen molar-refractivity contribution in [3.8, 4) is 0 Å². The van der Waals surface area contributed by atoms with Gasteiger partial charge in [0.1, 0.15) is 0 Å². The van der Waals surface area contributed by atoms with Crippen LogP contribution in [0.4, 0.5) is 13.2 Å². The molecule has 3 heteroatoms. The van der Waals surface area contributed by atoms with E-state index in [1.54, 1.807) is 0 Å². The maximum absolute atomic E-state index is 11.9. The average molecular weight is 196 g/mol. The molecule has 0 spiro atoms. The van der Waals surface area contributed by atoms with Crippen LogP contribution in [-0.4, -0.2) is 6.18 Å². The molecule has 0 radical (unpaired) electrons. The largest absolute Gasteiger partial charge is 0.389 e. The van der Waals surface area contributed by atoms with Gasteiger partial charge in [-0.3, -0.25) is 0 Å². The summed E-state index contributed by atoms with van der Waals surface area (Å²) in [5.74, 6) is 0.853. The fraction of sp³-hybridized carbons (Fsp3) is 1.00. The van der Waals surface area contributed by atoms with E-state index < -0.39 is 12.6 Å². The molecule has 0 aromatic heterocycles. The van der Waals surface area contributed by atoms with Crippen molar-refractivity contribution in [2.75, 3.05) is 0 Å². The molecule has 0 aliphatic heterocycles. The lowest BCUT2D eigenvalue weighted by Gasteiger charge is -2.25. The third kappa shape index (κ3) is 5.94. The zero-order valence-corrected chi connectivity index (χ0v) is 8.78. The molecular formula is C10H19F3. The Balaban J connectivity index is 3.98. The van der Waals surface area contributed by atoms with Gasteiger partial charge in [-0.15, -0.1) is 0 Å². The predicted molar refractivity (Wildman–Crippen MR) is 48.5 cm³/mol. The standard InChI is InChI=1S/C10H19F3/c1-7(2)9(8(3)4)5-6-10(11,12)13/h7-9H,5-6H2,1-4H3. The minimum atomic E-state index is -4.00. The lowest BCUT2D eigenvalue weighted by atomic mass is 9.82. The molecule has 0 saturated heterocycles. The molecule has 0 unspecified atom stereocenters.